The van der Waals surface area contributed by atoms with E-state index in [4.69, 9.17) is 25.8 Å². The van der Waals surface area contributed by atoms with Crippen molar-refractivity contribution < 1.29 is 37.9 Å². The lowest BCUT2D eigenvalue weighted by Crippen LogP contribution is -2.52. The number of ether oxygens (including phenoxy) is 3. The van der Waals surface area contributed by atoms with Crippen molar-refractivity contribution in [3.63, 3.8) is 0 Å². The van der Waals surface area contributed by atoms with Crippen molar-refractivity contribution in [1.29, 1.82) is 0 Å². The Morgan fingerprint density at radius 1 is 1.19 bits per heavy atom. The van der Waals surface area contributed by atoms with Gasteiger partial charge in [-0.05, 0) is 31.5 Å². The first-order valence-electron chi connectivity index (χ1n) is 13.8. The summed E-state index contributed by atoms with van der Waals surface area (Å²) in [5, 5.41) is 5.84. The van der Waals surface area contributed by atoms with Gasteiger partial charge in [0.05, 0.1) is 7.11 Å². The molecule has 1 heterocycles. The lowest BCUT2D eigenvalue weighted by Gasteiger charge is -2.29. The summed E-state index contributed by atoms with van der Waals surface area (Å²) in [5.41, 5.74) is 1.22. The third kappa shape index (κ3) is 14.7. The van der Waals surface area contributed by atoms with E-state index in [1.807, 2.05) is 46.8 Å². The first-order chi connectivity index (χ1) is 20.2. The van der Waals surface area contributed by atoms with Crippen LogP contribution in [0.25, 0.3) is 0 Å². The van der Waals surface area contributed by atoms with Crippen molar-refractivity contribution in [2.45, 2.75) is 79.1 Å². The van der Waals surface area contributed by atoms with Gasteiger partial charge in [-0.2, -0.15) is 5.54 Å². The van der Waals surface area contributed by atoms with E-state index >= 15 is 0 Å². The lowest BCUT2D eigenvalue weighted by atomic mass is 9.86. The number of cyclic esters (lactones) is 1. The van der Waals surface area contributed by atoms with E-state index in [0.717, 1.165) is 11.1 Å². The van der Waals surface area contributed by atoms with Crippen LogP contribution in [0, 0.1) is 11.3 Å². The summed E-state index contributed by atoms with van der Waals surface area (Å²) < 4.78 is 27.7. The van der Waals surface area contributed by atoms with Gasteiger partial charge in [0, 0.05) is 36.3 Å². The molecule has 12 heteroatoms. The molecule has 0 aromatic carbocycles. The highest BCUT2D eigenvalue weighted by Gasteiger charge is 2.32. The molecule has 4 atom stereocenters. The predicted octanol–water partition coefficient (Wildman–Crippen LogP) is 5.59. The topological polar surface area (TPSA) is 132 Å². The molecule has 1 aliphatic heterocycles. The van der Waals surface area contributed by atoms with Gasteiger partial charge in [0.2, 0.25) is 11.8 Å². The van der Waals surface area contributed by atoms with Gasteiger partial charge in [-0.15, -0.1) is 0 Å². The summed E-state index contributed by atoms with van der Waals surface area (Å²) in [5.74, 6) is -1.20. The van der Waals surface area contributed by atoms with Gasteiger partial charge in [-0.1, -0.05) is 85.8 Å². The average Bonchev–Trinajstić information content (AvgIpc) is 2.93. The monoisotopic (exact) mass is 623 g/mol. The van der Waals surface area contributed by atoms with Crippen molar-refractivity contribution in [2.24, 2.45) is 11.3 Å². The minimum Gasteiger partial charge on any atom is -0.490 e. The largest absolute Gasteiger partial charge is 0.490 e. The highest BCUT2D eigenvalue weighted by atomic mass is 35.5. The number of methoxy groups -OCH3 is 1. The predicted molar refractivity (Wildman–Crippen MR) is 163 cm³/mol. The number of hydrogen-bond acceptors (Lipinski definition) is 7. The fourth-order valence-electron chi connectivity index (χ4n) is 3.94. The van der Waals surface area contributed by atoms with Crippen molar-refractivity contribution in [3.05, 3.63) is 71.2 Å². The standard InChI is InChI=1S/C31H43ClFN3O7/c1-20(19-21(2)24-16-17-25(41-7)29(39)43-24)11-8-9-13-26(37)35-27(31(4,5)6)28(38)34-18-10-12-23(15-14-22(3)32)42-30(40)36-33/h8-11,13-14,17-19,21,23-24,27H,12,15-16H2,1-7H3,(H,34,38)(H,35,37)(H,36,40)/b11-8+,13-9+,18-10-,20-19+,22-14+. The summed E-state index contributed by atoms with van der Waals surface area (Å²) in [6.45, 7) is 11.0. The number of hydrogen-bond donors (Lipinski definition) is 3. The lowest BCUT2D eigenvalue weighted by molar-refractivity contribution is -0.151. The maximum atomic E-state index is 12.9. The molecule has 0 fully saturated rings. The van der Waals surface area contributed by atoms with Gasteiger partial charge in [0.15, 0.2) is 5.76 Å². The van der Waals surface area contributed by atoms with Gasteiger partial charge in [-0.3, -0.25) is 9.59 Å². The molecular formula is C31H43ClFN3O7. The molecule has 0 saturated heterocycles. The van der Waals surface area contributed by atoms with Crippen LogP contribution in [-0.2, 0) is 28.6 Å². The molecule has 1 rings (SSSR count). The zero-order valence-electron chi connectivity index (χ0n) is 25.7. The molecular weight excluding hydrogens is 581 g/mol. The molecule has 10 nitrogen and oxygen atoms in total. The smallest absolute Gasteiger partial charge is 0.435 e. The van der Waals surface area contributed by atoms with E-state index in [1.54, 1.807) is 37.3 Å². The number of esters is 1. The van der Waals surface area contributed by atoms with Crippen molar-refractivity contribution in [1.82, 2.24) is 16.2 Å². The molecule has 0 aromatic heterocycles. The van der Waals surface area contributed by atoms with Crippen LogP contribution >= 0.6 is 11.6 Å². The fraction of sp³-hybridized carbons (Fsp3) is 0.484. The summed E-state index contributed by atoms with van der Waals surface area (Å²) in [6.07, 6.45) is 13.4. The Hall–Kier alpha value is -3.86. The Morgan fingerprint density at radius 3 is 2.44 bits per heavy atom. The summed E-state index contributed by atoms with van der Waals surface area (Å²) >= 11 is 5.82. The molecule has 4 unspecified atom stereocenters. The van der Waals surface area contributed by atoms with E-state index in [9.17, 15) is 23.7 Å². The fourth-order valence-corrected chi connectivity index (χ4v) is 4.03. The number of amides is 3. The third-order valence-corrected chi connectivity index (χ3v) is 6.37. The second-order valence-corrected chi connectivity index (χ2v) is 11.6. The van der Waals surface area contributed by atoms with Crippen LogP contribution in [0.5, 0.6) is 0 Å². The number of carbonyl (C=O) groups is 4. The molecule has 0 radical (unpaired) electrons. The van der Waals surface area contributed by atoms with Crippen molar-refractivity contribution in [3.8, 4) is 0 Å². The van der Waals surface area contributed by atoms with Crippen molar-refractivity contribution in [2.75, 3.05) is 7.11 Å². The van der Waals surface area contributed by atoms with Gasteiger partial charge in [0.25, 0.3) is 0 Å². The highest BCUT2D eigenvalue weighted by molar-refractivity contribution is 6.29. The Balaban J connectivity index is 2.71. The molecule has 0 aliphatic carbocycles. The molecule has 0 spiro atoms. The van der Waals surface area contributed by atoms with E-state index in [0.29, 0.717) is 11.5 Å². The van der Waals surface area contributed by atoms with Crippen LogP contribution in [0.1, 0.15) is 60.8 Å². The van der Waals surface area contributed by atoms with Crippen LogP contribution in [-0.4, -0.2) is 49.2 Å². The molecule has 3 N–H and O–H groups in total. The minimum atomic E-state index is -1.23. The van der Waals surface area contributed by atoms with Gasteiger partial charge < -0.3 is 24.8 Å². The Kier molecular flexibility index (Phi) is 16.1. The summed E-state index contributed by atoms with van der Waals surface area (Å²) in [7, 11) is 1.43. The molecule has 0 saturated carbocycles. The molecule has 0 aromatic rings. The number of carbonyl (C=O) groups excluding carboxylic acids is 4. The minimum absolute atomic E-state index is 0.0321. The van der Waals surface area contributed by atoms with Crippen LogP contribution < -0.4 is 16.2 Å². The third-order valence-electron chi connectivity index (χ3n) is 6.22. The normalized spacial score (nSPS) is 18.6. The van der Waals surface area contributed by atoms with Crippen LogP contribution in [0.3, 0.4) is 0 Å². The van der Waals surface area contributed by atoms with Crippen LogP contribution in [0.2, 0.25) is 0 Å². The number of halogens is 2. The zero-order valence-corrected chi connectivity index (χ0v) is 26.5. The first kappa shape index (κ1) is 37.2. The zero-order chi connectivity index (χ0) is 32.6. The molecule has 43 heavy (non-hydrogen) atoms. The number of nitrogens with one attached hydrogen (secondary N) is 3. The second-order valence-electron chi connectivity index (χ2n) is 11.0. The molecule has 0 bridgehead atoms. The Labute approximate surface area is 258 Å². The van der Waals surface area contributed by atoms with Crippen LogP contribution in [0.4, 0.5) is 9.28 Å². The average molecular weight is 624 g/mol. The maximum Gasteiger partial charge on any atom is 0.435 e. The van der Waals surface area contributed by atoms with E-state index < -0.39 is 41.4 Å². The molecule has 3 amide bonds. The quantitative estimate of drug-likeness (QED) is 0.0994. The van der Waals surface area contributed by atoms with E-state index in [-0.39, 0.29) is 30.6 Å². The van der Waals surface area contributed by atoms with Crippen LogP contribution in [0.15, 0.2) is 71.2 Å². The molecule has 1 aliphatic rings. The Morgan fingerprint density at radius 2 is 1.86 bits per heavy atom. The van der Waals surface area contributed by atoms with Gasteiger partial charge in [0.1, 0.15) is 18.2 Å². The maximum absolute atomic E-state index is 12.9. The Bertz CT molecular complexity index is 1160. The van der Waals surface area contributed by atoms with E-state index in [2.05, 4.69) is 10.6 Å². The van der Waals surface area contributed by atoms with Gasteiger partial charge >= 0.3 is 12.1 Å². The second kappa shape index (κ2) is 18.6. The SMILES string of the molecule is COC1=CCC(C(C)/C=C(C)/C=C/C=C/C(=O)NC(C(=O)N/C=C\CC(C/C=C(\C)Cl)OC(=O)NF)C(C)(C)C)OC1=O. The van der Waals surface area contributed by atoms with Crippen molar-refractivity contribution >= 4 is 35.5 Å². The number of rotatable bonds is 14. The first-order valence-corrected chi connectivity index (χ1v) is 14.2. The van der Waals surface area contributed by atoms with Gasteiger partial charge in [-0.25, -0.2) is 9.59 Å². The highest BCUT2D eigenvalue weighted by Crippen LogP contribution is 2.23. The summed E-state index contributed by atoms with van der Waals surface area (Å²) in [4.78, 5) is 48.6. The summed E-state index contributed by atoms with van der Waals surface area (Å²) in [6, 6.07) is -0.863. The van der Waals surface area contributed by atoms with E-state index in [1.165, 1.54) is 19.4 Å². The number of allylic oxidation sites excluding steroid dienone is 5. The molecule has 238 valence electrons.